The van der Waals surface area contributed by atoms with Crippen LogP contribution in [-0.4, -0.2) is 54.1 Å². The Balaban J connectivity index is 0.000000532. The topological polar surface area (TPSA) is 150 Å². The average molecular weight is 570 g/mol. The van der Waals surface area contributed by atoms with Crippen molar-refractivity contribution in [2.24, 2.45) is 5.92 Å². The smallest absolute Gasteiger partial charge is 0.490 e. The first-order valence-electron chi connectivity index (χ1n) is 11.8. The molecule has 0 saturated carbocycles. The molecule has 0 aliphatic heterocycles. The van der Waals surface area contributed by atoms with Crippen molar-refractivity contribution in [1.29, 1.82) is 0 Å². The number of rotatable bonds is 7. The monoisotopic (exact) mass is 569 g/mol. The van der Waals surface area contributed by atoms with Gasteiger partial charge in [0.05, 0.1) is 23.9 Å². The zero-order valence-corrected chi connectivity index (χ0v) is 22.2. The fraction of sp³-hybridized carbons (Fsp3) is 0.375. The predicted molar refractivity (Wildman–Crippen MR) is 138 cm³/mol. The first-order valence-corrected chi connectivity index (χ1v) is 12.1. The molecule has 0 radical (unpaired) electrons. The van der Waals surface area contributed by atoms with Crippen LogP contribution in [0, 0.1) is 5.92 Å². The lowest BCUT2D eigenvalue weighted by molar-refractivity contribution is -0.192. The molecular weight excluding hydrogens is 543 g/mol. The van der Waals surface area contributed by atoms with E-state index in [0.717, 1.165) is 16.5 Å². The van der Waals surface area contributed by atoms with E-state index in [-0.39, 0.29) is 17.3 Å². The quantitative estimate of drug-likeness (QED) is 0.294. The molecule has 210 valence electrons. The number of aliphatic carboxylic acids is 1. The highest BCUT2D eigenvalue weighted by molar-refractivity contribution is 6.35. The van der Waals surface area contributed by atoms with Crippen LogP contribution in [-0.2, 0) is 11.3 Å². The Morgan fingerprint density at radius 3 is 2.54 bits per heavy atom. The van der Waals surface area contributed by atoms with Gasteiger partial charge in [0.2, 0.25) is 0 Å². The number of carboxylic acid groups (broad SMARTS) is 1. The number of nitrogens with two attached hydrogens (primary N) is 1. The van der Waals surface area contributed by atoms with Crippen LogP contribution < -0.4 is 15.8 Å². The number of nitrogens with zero attached hydrogens (tertiary/aromatic N) is 5. The number of nitrogen functional groups attached to an aromatic ring is 1. The zero-order chi connectivity index (χ0) is 29.1. The number of halogens is 4. The second-order valence-corrected chi connectivity index (χ2v) is 9.25. The minimum Gasteiger partial charge on any atom is -0.491 e. The van der Waals surface area contributed by atoms with Gasteiger partial charge in [-0.2, -0.15) is 18.3 Å². The molecule has 0 fully saturated rings. The molecule has 4 aromatic rings. The summed E-state index contributed by atoms with van der Waals surface area (Å²) in [6, 6.07) is 3.11. The van der Waals surface area contributed by atoms with Crippen molar-refractivity contribution < 1.29 is 32.6 Å². The molecule has 0 aliphatic rings. The summed E-state index contributed by atoms with van der Waals surface area (Å²) in [6.07, 6.45) is -0.0515. The number of fused-ring (bicyclic) bond motifs is 2. The molecule has 0 bridgehead atoms. The predicted octanol–water partition coefficient (Wildman–Crippen LogP) is 4.49. The van der Waals surface area contributed by atoms with Crippen molar-refractivity contribution in [2.45, 2.75) is 46.5 Å². The summed E-state index contributed by atoms with van der Waals surface area (Å²) in [4.78, 5) is 26.3. The maximum absolute atomic E-state index is 13.1. The fourth-order valence-electron chi connectivity index (χ4n) is 3.79. The van der Waals surface area contributed by atoms with Gasteiger partial charge in [-0.25, -0.2) is 14.3 Å². The van der Waals surface area contributed by atoms with Gasteiger partial charge in [0.15, 0.2) is 17.2 Å². The Morgan fingerprint density at radius 2 is 1.95 bits per heavy atom. The van der Waals surface area contributed by atoms with Gasteiger partial charge in [-0.3, -0.25) is 9.48 Å². The van der Waals surface area contributed by atoms with Crippen LogP contribution in [0.4, 0.5) is 19.0 Å². The molecular formula is C24H27ClF3N7O4. The third kappa shape index (κ3) is 6.50. The Labute approximate surface area is 225 Å². The Hall–Kier alpha value is -4.07. The number of amides is 1. The summed E-state index contributed by atoms with van der Waals surface area (Å²) >= 11 is 6.60. The fourth-order valence-corrected chi connectivity index (χ4v) is 4.04. The van der Waals surface area contributed by atoms with Gasteiger partial charge >= 0.3 is 12.1 Å². The second-order valence-electron chi connectivity index (χ2n) is 8.84. The standard InChI is InChI=1S/C22H26ClN7O2.C2HF3O2/c1-5-32-19-14(9-16(23)15-10-26-30(18(15)19)11-12(2)3)13(4)27-22(31)17-20(24)28-29-8-6-7-25-21(17)29;3-2(4,5)1(6)7/h6-10,12-13H,5,11H2,1-4H3,(H2,24,28)(H,27,31);(H,6,7). The highest BCUT2D eigenvalue weighted by atomic mass is 35.5. The molecule has 15 heteroatoms. The SMILES string of the molecule is CCOc1c(C(C)NC(=O)c2c(N)nn3cccnc23)cc(Cl)c2cnn(CC(C)C)c12.O=C(O)C(F)(F)F. The number of aromatic nitrogens is 5. The van der Waals surface area contributed by atoms with Gasteiger partial charge in [0.25, 0.3) is 5.91 Å². The van der Waals surface area contributed by atoms with Gasteiger partial charge in [0.1, 0.15) is 11.1 Å². The van der Waals surface area contributed by atoms with E-state index in [4.69, 9.17) is 32.0 Å². The number of carbonyl (C=O) groups is 2. The van der Waals surface area contributed by atoms with Gasteiger partial charge in [-0.05, 0) is 31.9 Å². The van der Waals surface area contributed by atoms with Gasteiger partial charge < -0.3 is 20.9 Å². The molecule has 1 unspecified atom stereocenters. The van der Waals surface area contributed by atoms with Crippen LogP contribution in [0.1, 0.15) is 49.7 Å². The Morgan fingerprint density at radius 1 is 1.28 bits per heavy atom. The Kier molecular flexibility index (Phi) is 8.89. The number of ether oxygens (including phenoxy) is 1. The number of carbonyl (C=O) groups excluding carboxylic acids is 1. The Bertz CT molecular complexity index is 1500. The van der Waals surface area contributed by atoms with E-state index < -0.39 is 18.2 Å². The molecule has 3 heterocycles. The highest BCUT2D eigenvalue weighted by Gasteiger charge is 2.38. The number of hydrogen-bond acceptors (Lipinski definition) is 7. The van der Waals surface area contributed by atoms with E-state index in [1.54, 1.807) is 24.7 Å². The second kappa shape index (κ2) is 11.8. The van der Waals surface area contributed by atoms with Crippen molar-refractivity contribution >= 4 is 45.8 Å². The van der Waals surface area contributed by atoms with E-state index >= 15 is 0 Å². The highest BCUT2D eigenvalue weighted by Crippen LogP contribution is 2.39. The maximum Gasteiger partial charge on any atom is 0.490 e. The van der Waals surface area contributed by atoms with Crippen LogP contribution in [0.2, 0.25) is 5.02 Å². The van der Waals surface area contributed by atoms with E-state index in [2.05, 4.69) is 34.3 Å². The number of hydrogen-bond donors (Lipinski definition) is 3. The van der Waals surface area contributed by atoms with Crippen LogP contribution in [0.5, 0.6) is 5.75 Å². The summed E-state index contributed by atoms with van der Waals surface area (Å²) < 4.78 is 41.2. The molecule has 39 heavy (non-hydrogen) atoms. The summed E-state index contributed by atoms with van der Waals surface area (Å²) in [7, 11) is 0. The molecule has 4 rings (SSSR count). The van der Waals surface area contributed by atoms with Crippen molar-refractivity contribution in [3.05, 3.63) is 46.9 Å². The maximum atomic E-state index is 13.1. The third-order valence-electron chi connectivity index (χ3n) is 5.39. The lowest BCUT2D eigenvalue weighted by atomic mass is 10.0. The number of benzene rings is 1. The summed E-state index contributed by atoms with van der Waals surface area (Å²) in [5, 5.41) is 20.2. The van der Waals surface area contributed by atoms with Crippen LogP contribution >= 0.6 is 11.6 Å². The summed E-state index contributed by atoms with van der Waals surface area (Å²) in [5.41, 5.74) is 8.20. The average Bonchev–Trinajstić information content (AvgIpc) is 3.40. The number of alkyl halides is 3. The third-order valence-corrected chi connectivity index (χ3v) is 5.70. The van der Waals surface area contributed by atoms with E-state index in [9.17, 15) is 18.0 Å². The number of anilines is 1. The molecule has 1 aromatic carbocycles. The molecule has 1 atom stereocenters. The first kappa shape index (κ1) is 29.5. The first-order chi connectivity index (χ1) is 18.3. The molecule has 0 spiro atoms. The van der Waals surface area contributed by atoms with Crippen molar-refractivity contribution in [3.63, 3.8) is 0 Å². The van der Waals surface area contributed by atoms with E-state index in [1.807, 2.05) is 24.6 Å². The van der Waals surface area contributed by atoms with Crippen LogP contribution in [0.3, 0.4) is 0 Å². The van der Waals surface area contributed by atoms with Crippen molar-refractivity contribution in [3.8, 4) is 5.75 Å². The van der Waals surface area contributed by atoms with E-state index in [1.165, 1.54) is 4.52 Å². The van der Waals surface area contributed by atoms with Gasteiger partial charge in [0, 0.05) is 29.9 Å². The molecule has 3 aromatic heterocycles. The largest absolute Gasteiger partial charge is 0.491 e. The van der Waals surface area contributed by atoms with Gasteiger partial charge in [-0.15, -0.1) is 5.10 Å². The minimum absolute atomic E-state index is 0.113. The van der Waals surface area contributed by atoms with Crippen molar-refractivity contribution in [2.75, 3.05) is 12.3 Å². The molecule has 4 N–H and O–H groups in total. The lowest BCUT2D eigenvalue weighted by Gasteiger charge is -2.20. The minimum atomic E-state index is -5.08. The summed E-state index contributed by atoms with van der Waals surface area (Å²) in [6.45, 7) is 9.21. The van der Waals surface area contributed by atoms with E-state index in [0.29, 0.717) is 35.5 Å². The molecule has 1 amide bonds. The molecule has 0 aliphatic carbocycles. The number of carboxylic acids is 1. The van der Waals surface area contributed by atoms with Gasteiger partial charge in [-0.1, -0.05) is 25.4 Å². The van der Waals surface area contributed by atoms with Crippen LogP contribution in [0.15, 0.2) is 30.7 Å². The number of nitrogens with one attached hydrogen (secondary N) is 1. The lowest BCUT2D eigenvalue weighted by Crippen LogP contribution is -2.28. The molecule has 0 saturated heterocycles. The molecule has 11 nitrogen and oxygen atoms in total. The van der Waals surface area contributed by atoms with Crippen LogP contribution in [0.25, 0.3) is 16.6 Å². The normalized spacial score (nSPS) is 12.3. The zero-order valence-electron chi connectivity index (χ0n) is 21.5. The summed E-state index contributed by atoms with van der Waals surface area (Å²) in [5.74, 6) is -1.98. The van der Waals surface area contributed by atoms with Crippen molar-refractivity contribution in [1.82, 2.24) is 29.7 Å².